The first-order valence-electron chi connectivity index (χ1n) is 6.11. The molecule has 0 atom stereocenters. The number of benzene rings is 3. The molecule has 0 amide bonds. The molecule has 22 heavy (non-hydrogen) atoms. The van der Waals surface area contributed by atoms with E-state index in [-0.39, 0.29) is 16.5 Å². The Kier molecular flexibility index (Phi) is 3.31. The molecule has 0 aliphatic heterocycles. The molecule has 0 unspecified atom stereocenters. The molecule has 0 heterocycles. The maximum absolute atomic E-state index is 14.0. The van der Waals surface area contributed by atoms with Crippen LogP contribution in [0.25, 0.3) is 21.9 Å². The average molecular weight is 312 g/mol. The molecular weight excluding hydrogens is 306 g/mol. The van der Waals surface area contributed by atoms with Crippen molar-refractivity contribution in [2.45, 2.75) is 0 Å². The first-order chi connectivity index (χ1) is 10.4. The van der Waals surface area contributed by atoms with Gasteiger partial charge < -0.3 is 0 Å². The molecule has 0 nitrogen and oxygen atoms in total. The van der Waals surface area contributed by atoms with E-state index < -0.39 is 40.3 Å². The minimum absolute atomic E-state index is 0.0296. The number of halogens is 6. The number of rotatable bonds is 1. The number of hydrogen-bond acceptors (Lipinski definition) is 0. The van der Waals surface area contributed by atoms with Crippen molar-refractivity contribution in [2.24, 2.45) is 0 Å². The molecule has 0 spiro atoms. The third kappa shape index (κ3) is 2.11. The van der Waals surface area contributed by atoms with Crippen molar-refractivity contribution < 1.29 is 26.3 Å². The predicted molar refractivity (Wildman–Crippen MR) is 69.1 cm³/mol. The SMILES string of the molecule is Fc1ccc(-c2cc(F)c3c(F)c(F)ccc3c2)c(F)c1F. The monoisotopic (exact) mass is 312 g/mol. The third-order valence-corrected chi connectivity index (χ3v) is 3.31. The minimum Gasteiger partial charge on any atom is -0.206 e. The van der Waals surface area contributed by atoms with Crippen LogP contribution < -0.4 is 0 Å². The first-order valence-corrected chi connectivity index (χ1v) is 6.11. The van der Waals surface area contributed by atoms with Crippen molar-refractivity contribution in [1.82, 2.24) is 0 Å². The van der Waals surface area contributed by atoms with E-state index in [1.807, 2.05) is 0 Å². The fourth-order valence-corrected chi connectivity index (χ4v) is 2.25. The Bertz CT molecular complexity index is 901. The number of hydrogen-bond donors (Lipinski definition) is 0. The summed E-state index contributed by atoms with van der Waals surface area (Å²) < 4.78 is 80.6. The standard InChI is InChI=1S/C16H6F6/c17-10-3-1-7-5-8(6-12(19)13(7)15(10)21)9-2-4-11(18)16(22)14(9)20/h1-6H. The Morgan fingerprint density at radius 1 is 0.545 bits per heavy atom. The molecule has 0 saturated carbocycles. The van der Waals surface area contributed by atoms with Crippen LogP contribution in [0.4, 0.5) is 26.3 Å². The van der Waals surface area contributed by atoms with E-state index in [1.165, 1.54) is 0 Å². The lowest BCUT2D eigenvalue weighted by Crippen LogP contribution is -1.96. The van der Waals surface area contributed by atoms with Gasteiger partial charge >= 0.3 is 0 Å². The van der Waals surface area contributed by atoms with E-state index in [0.29, 0.717) is 6.07 Å². The van der Waals surface area contributed by atoms with Gasteiger partial charge in [0.15, 0.2) is 29.1 Å². The van der Waals surface area contributed by atoms with Crippen LogP contribution in [0.5, 0.6) is 0 Å². The second-order valence-electron chi connectivity index (χ2n) is 4.64. The molecule has 3 aromatic rings. The molecular formula is C16H6F6. The van der Waals surface area contributed by atoms with Gasteiger partial charge in [-0.2, -0.15) is 0 Å². The smallest absolute Gasteiger partial charge is 0.195 e. The summed E-state index contributed by atoms with van der Waals surface area (Å²) in [4.78, 5) is 0. The van der Waals surface area contributed by atoms with Crippen LogP contribution in [-0.2, 0) is 0 Å². The van der Waals surface area contributed by atoms with E-state index in [2.05, 4.69) is 0 Å². The molecule has 0 bridgehead atoms. The van der Waals surface area contributed by atoms with Crippen LogP contribution in [0.1, 0.15) is 0 Å². The zero-order valence-corrected chi connectivity index (χ0v) is 10.7. The summed E-state index contributed by atoms with van der Waals surface area (Å²) in [7, 11) is 0. The summed E-state index contributed by atoms with van der Waals surface area (Å²) in [5, 5.41) is -0.621. The Morgan fingerprint density at radius 2 is 1.18 bits per heavy atom. The van der Waals surface area contributed by atoms with Crippen molar-refractivity contribution >= 4 is 10.8 Å². The van der Waals surface area contributed by atoms with Crippen molar-refractivity contribution in [1.29, 1.82) is 0 Å². The Labute approximate surface area is 120 Å². The maximum atomic E-state index is 14.0. The fourth-order valence-electron chi connectivity index (χ4n) is 2.25. The van der Waals surface area contributed by atoms with Gasteiger partial charge in [-0.15, -0.1) is 0 Å². The molecule has 3 rings (SSSR count). The molecule has 6 heteroatoms. The van der Waals surface area contributed by atoms with Crippen LogP contribution in [0.2, 0.25) is 0 Å². The molecule has 0 aromatic heterocycles. The largest absolute Gasteiger partial charge is 0.206 e. The Balaban J connectivity index is 2.30. The lowest BCUT2D eigenvalue weighted by Gasteiger charge is -2.08. The van der Waals surface area contributed by atoms with Crippen LogP contribution in [0.15, 0.2) is 36.4 Å². The quantitative estimate of drug-likeness (QED) is 0.420. The summed E-state index contributed by atoms with van der Waals surface area (Å²) >= 11 is 0. The highest BCUT2D eigenvalue weighted by Crippen LogP contribution is 2.32. The van der Waals surface area contributed by atoms with Gasteiger partial charge in [0.1, 0.15) is 5.82 Å². The summed E-state index contributed by atoms with van der Waals surface area (Å²) in [6, 6.07) is 5.44. The van der Waals surface area contributed by atoms with Gasteiger partial charge in [0.05, 0.1) is 5.39 Å². The van der Waals surface area contributed by atoms with Crippen LogP contribution in [-0.4, -0.2) is 0 Å². The zero-order valence-electron chi connectivity index (χ0n) is 10.7. The first kappa shape index (κ1) is 14.4. The van der Waals surface area contributed by atoms with Gasteiger partial charge in [0.2, 0.25) is 0 Å². The highest BCUT2D eigenvalue weighted by molar-refractivity contribution is 5.88. The van der Waals surface area contributed by atoms with Gasteiger partial charge in [0.25, 0.3) is 0 Å². The summed E-state index contributed by atoms with van der Waals surface area (Å²) in [6.07, 6.45) is 0. The molecule has 0 radical (unpaired) electrons. The second kappa shape index (κ2) is 5.05. The topological polar surface area (TPSA) is 0 Å². The summed E-state index contributed by atoms with van der Waals surface area (Å²) in [5.41, 5.74) is -0.503. The van der Waals surface area contributed by atoms with Gasteiger partial charge in [0, 0.05) is 5.56 Å². The summed E-state index contributed by atoms with van der Waals surface area (Å²) in [5.74, 6) is -8.28. The molecule has 0 saturated heterocycles. The van der Waals surface area contributed by atoms with Crippen LogP contribution >= 0.6 is 0 Å². The second-order valence-corrected chi connectivity index (χ2v) is 4.64. The van der Waals surface area contributed by atoms with E-state index >= 15 is 0 Å². The van der Waals surface area contributed by atoms with Gasteiger partial charge in [-0.1, -0.05) is 6.07 Å². The van der Waals surface area contributed by atoms with Crippen molar-refractivity contribution in [2.75, 3.05) is 0 Å². The zero-order chi connectivity index (χ0) is 16.0. The van der Waals surface area contributed by atoms with E-state index in [4.69, 9.17) is 0 Å². The van der Waals surface area contributed by atoms with E-state index in [1.54, 1.807) is 0 Å². The highest BCUT2D eigenvalue weighted by Gasteiger charge is 2.18. The van der Waals surface area contributed by atoms with Gasteiger partial charge in [-0.05, 0) is 41.3 Å². The van der Waals surface area contributed by atoms with Crippen LogP contribution in [0, 0.1) is 34.9 Å². The van der Waals surface area contributed by atoms with Crippen molar-refractivity contribution in [3.8, 4) is 11.1 Å². The maximum Gasteiger partial charge on any atom is 0.195 e. The minimum atomic E-state index is -1.69. The summed E-state index contributed by atoms with van der Waals surface area (Å²) in [6.45, 7) is 0. The molecule has 0 aliphatic carbocycles. The fraction of sp³-hybridized carbons (Fsp3) is 0. The Hall–Kier alpha value is -2.50. The molecule has 0 fully saturated rings. The van der Waals surface area contributed by atoms with E-state index in [9.17, 15) is 26.3 Å². The van der Waals surface area contributed by atoms with Gasteiger partial charge in [-0.25, -0.2) is 26.3 Å². The van der Waals surface area contributed by atoms with Gasteiger partial charge in [-0.3, -0.25) is 0 Å². The molecule has 112 valence electrons. The Morgan fingerprint density at radius 3 is 1.91 bits per heavy atom. The predicted octanol–water partition coefficient (Wildman–Crippen LogP) is 5.34. The van der Waals surface area contributed by atoms with Crippen LogP contribution in [0.3, 0.4) is 0 Å². The highest BCUT2D eigenvalue weighted by atomic mass is 19.2. The van der Waals surface area contributed by atoms with Crippen molar-refractivity contribution in [3.05, 3.63) is 71.3 Å². The van der Waals surface area contributed by atoms with E-state index in [0.717, 1.165) is 30.3 Å². The lowest BCUT2D eigenvalue weighted by molar-refractivity contribution is 0.449. The third-order valence-electron chi connectivity index (χ3n) is 3.31. The number of fused-ring (bicyclic) bond motifs is 1. The molecule has 3 aromatic carbocycles. The average Bonchev–Trinajstić information content (AvgIpc) is 2.48. The molecule has 0 N–H and O–H groups in total. The van der Waals surface area contributed by atoms with Crippen molar-refractivity contribution in [3.63, 3.8) is 0 Å². The normalized spacial score (nSPS) is 11.2. The lowest BCUT2D eigenvalue weighted by atomic mass is 9.99. The molecule has 0 aliphatic rings.